The summed E-state index contributed by atoms with van der Waals surface area (Å²) in [6, 6.07) is 2.80. The van der Waals surface area contributed by atoms with Gasteiger partial charge in [0, 0.05) is 12.6 Å². The molecule has 3 N–H and O–H groups in total. The highest BCUT2D eigenvalue weighted by molar-refractivity contribution is 7.98. The number of ether oxygens (including phenoxy) is 1. The van der Waals surface area contributed by atoms with Gasteiger partial charge in [0.25, 0.3) is 0 Å². The fourth-order valence-corrected chi connectivity index (χ4v) is 4.05. The van der Waals surface area contributed by atoms with E-state index in [4.69, 9.17) is 4.74 Å². The molecule has 0 radical (unpaired) electrons. The van der Waals surface area contributed by atoms with Crippen molar-refractivity contribution in [2.75, 3.05) is 18.6 Å². The summed E-state index contributed by atoms with van der Waals surface area (Å²) in [5, 5.41) is 15.7. The summed E-state index contributed by atoms with van der Waals surface area (Å²) in [6.45, 7) is 13.2. The molecule has 8 nitrogen and oxygen atoms in total. The lowest BCUT2D eigenvalue weighted by Crippen LogP contribution is -2.55. The molecule has 3 amide bonds. The number of hydrogen-bond donors (Lipinski definition) is 3. The van der Waals surface area contributed by atoms with E-state index in [2.05, 4.69) is 10.6 Å². The Morgan fingerprint density at radius 1 is 1.20 bits per heavy atom. The first-order valence-electron chi connectivity index (χ1n) is 12.2. The second kappa shape index (κ2) is 14.2. The van der Waals surface area contributed by atoms with Gasteiger partial charge in [-0.3, -0.25) is 9.59 Å². The molecule has 1 rings (SSSR count). The maximum absolute atomic E-state index is 13.9. The van der Waals surface area contributed by atoms with E-state index in [1.54, 1.807) is 51.6 Å². The number of alkyl carbamates (subject to hydrolysis) is 1. The molecule has 0 saturated heterocycles. The molecule has 0 aliphatic carbocycles. The third kappa shape index (κ3) is 9.99. The highest BCUT2D eigenvalue weighted by Gasteiger charge is 2.37. The quantitative estimate of drug-likeness (QED) is 0.357. The monoisotopic (exact) mass is 509 g/mol. The van der Waals surface area contributed by atoms with E-state index in [0.29, 0.717) is 29.8 Å². The topological polar surface area (TPSA) is 108 Å². The van der Waals surface area contributed by atoms with Crippen LogP contribution in [0.25, 0.3) is 0 Å². The van der Waals surface area contributed by atoms with Gasteiger partial charge in [0.1, 0.15) is 23.4 Å². The van der Waals surface area contributed by atoms with E-state index < -0.39 is 23.8 Å². The molecule has 9 heteroatoms. The van der Waals surface area contributed by atoms with Crippen LogP contribution in [0.15, 0.2) is 18.2 Å². The zero-order valence-electron chi connectivity index (χ0n) is 22.4. The lowest BCUT2D eigenvalue weighted by atomic mass is 9.98. The SMILES string of the molecule is CCCCNC(=O)C(c1ccc(O)c(C)c1)N(C(=O)C(CCSC)NC(=O)OC(C)(C)C)C(C)C. The van der Waals surface area contributed by atoms with Gasteiger partial charge in [-0.2, -0.15) is 11.8 Å². The Bertz CT molecular complexity index is 854. The van der Waals surface area contributed by atoms with E-state index in [9.17, 15) is 19.5 Å². The lowest BCUT2D eigenvalue weighted by Gasteiger charge is -2.37. The number of carbonyl (C=O) groups excluding carboxylic acids is 3. The number of phenols is 1. The van der Waals surface area contributed by atoms with Crippen molar-refractivity contribution >= 4 is 29.7 Å². The zero-order valence-corrected chi connectivity index (χ0v) is 23.3. The van der Waals surface area contributed by atoms with Crippen LogP contribution in [0.5, 0.6) is 5.75 Å². The Morgan fingerprint density at radius 2 is 1.86 bits per heavy atom. The first-order valence-corrected chi connectivity index (χ1v) is 13.6. The summed E-state index contributed by atoms with van der Waals surface area (Å²) in [5.74, 6) is 0.0996. The number of carbonyl (C=O) groups is 3. The summed E-state index contributed by atoms with van der Waals surface area (Å²) in [7, 11) is 0. The average Bonchev–Trinajstić information content (AvgIpc) is 2.75. The number of thioether (sulfide) groups is 1. The number of nitrogens with zero attached hydrogens (tertiary/aromatic N) is 1. The summed E-state index contributed by atoms with van der Waals surface area (Å²) < 4.78 is 5.39. The van der Waals surface area contributed by atoms with Gasteiger partial charge < -0.3 is 25.4 Å². The number of phenolic OH excluding ortho intramolecular Hbond substituents is 1. The second-order valence-corrected chi connectivity index (χ2v) is 10.9. The number of hydrogen-bond acceptors (Lipinski definition) is 6. The van der Waals surface area contributed by atoms with Gasteiger partial charge in [0.2, 0.25) is 11.8 Å². The Morgan fingerprint density at radius 3 is 2.37 bits per heavy atom. The largest absolute Gasteiger partial charge is 0.508 e. The molecule has 0 aliphatic heterocycles. The van der Waals surface area contributed by atoms with Crippen molar-refractivity contribution in [2.24, 2.45) is 0 Å². The Labute approximate surface area is 214 Å². The molecule has 1 aromatic carbocycles. The Balaban J connectivity index is 3.42. The summed E-state index contributed by atoms with van der Waals surface area (Å²) in [5.41, 5.74) is 0.494. The molecule has 35 heavy (non-hydrogen) atoms. The van der Waals surface area contributed by atoms with Crippen molar-refractivity contribution < 1.29 is 24.2 Å². The van der Waals surface area contributed by atoms with Gasteiger partial charge in [-0.25, -0.2) is 4.79 Å². The van der Waals surface area contributed by atoms with Crippen molar-refractivity contribution in [2.45, 2.75) is 91.5 Å². The van der Waals surface area contributed by atoms with Crippen molar-refractivity contribution in [1.29, 1.82) is 0 Å². The van der Waals surface area contributed by atoms with Crippen LogP contribution < -0.4 is 10.6 Å². The summed E-state index contributed by atoms with van der Waals surface area (Å²) in [4.78, 5) is 41.4. The first kappa shape index (κ1) is 30.6. The number of nitrogens with one attached hydrogen (secondary N) is 2. The molecule has 0 bridgehead atoms. The number of rotatable bonds is 12. The maximum Gasteiger partial charge on any atom is 0.408 e. The molecule has 0 heterocycles. The molecular formula is C26H43N3O5S. The van der Waals surface area contributed by atoms with E-state index in [0.717, 1.165) is 12.8 Å². The van der Waals surface area contributed by atoms with Gasteiger partial charge in [0.15, 0.2) is 0 Å². The van der Waals surface area contributed by atoms with Crippen LogP contribution in [0.2, 0.25) is 0 Å². The van der Waals surface area contributed by atoms with Crippen molar-refractivity contribution in [1.82, 2.24) is 15.5 Å². The van der Waals surface area contributed by atoms with Crippen LogP contribution in [0.3, 0.4) is 0 Å². The highest BCUT2D eigenvalue weighted by atomic mass is 32.2. The van der Waals surface area contributed by atoms with Gasteiger partial charge in [0.05, 0.1) is 0 Å². The first-order chi connectivity index (χ1) is 16.3. The van der Waals surface area contributed by atoms with Crippen LogP contribution >= 0.6 is 11.8 Å². The van der Waals surface area contributed by atoms with E-state index in [1.807, 2.05) is 27.0 Å². The molecule has 198 valence electrons. The maximum atomic E-state index is 13.9. The standard InChI is InChI=1S/C26H43N3O5S/c1-9-10-14-27-23(31)22(19-11-12-21(30)18(4)16-19)29(17(2)3)24(32)20(13-15-35-8)28-25(33)34-26(5,6)7/h11-12,16-17,20,22,30H,9-10,13-15H2,1-8H3,(H,27,31)(H,28,33). The minimum atomic E-state index is -0.920. The number of amides is 3. The van der Waals surface area contributed by atoms with Crippen LogP contribution in [-0.2, 0) is 14.3 Å². The molecule has 0 saturated carbocycles. The van der Waals surface area contributed by atoms with Gasteiger partial charge in [-0.1, -0.05) is 19.4 Å². The molecule has 0 aliphatic rings. The normalized spacial score (nSPS) is 13.2. The molecule has 0 spiro atoms. The van der Waals surface area contributed by atoms with E-state index in [1.165, 1.54) is 11.0 Å². The van der Waals surface area contributed by atoms with Crippen molar-refractivity contribution in [3.63, 3.8) is 0 Å². The molecule has 2 atom stereocenters. The van der Waals surface area contributed by atoms with Crippen LogP contribution in [0.4, 0.5) is 4.79 Å². The van der Waals surface area contributed by atoms with Gasteiger partial charge in [-0.05, 0) is 89.7 Å². The van der Waals surface area contributed by atoms with Crippen molar-refractivity contribution in [3.05, 3.63) is 29.3 Å². The molecule has 0 aromatic heterocycles. The van der Waals surface area contributed by atoms with Gasteiger partial charge in [-0.15, -0.1) is 0 Å². The highest BCUT2D eigenvalue weighted by Crippen LogP contribution is 2.29. The summed E-state index contributed by atoms with van der Waals surface area (Å²) >= 11 is 1.57. The Kier molecular flexibility index (Phi) is 12.4. The van der Waals surface area contributed by atoms with E-state index >= 15 is 0 Å². The smallest absolute Gasteiger partial charge is 0.408 e. The predicted octanol–water partition coefficient (Wildman–Crippen LogP) is 4.54. The third-order valence-electron chi connectivity index (χ3n) is 5.30. The molecular weight excluding hydrogens is 466 g/mol. The minimum Gasteiger partial charge on any atom is -0.508 e. The summed E-state index contributed by atoms with van der Waals surface area (Å²) in [6.07, 6.45) is 3.39. The van der Waals surface area contributed by atoms with Gasteiger partial charge >= 0.3 is 6.09 Å². The number of aryl methyl sites for hydroxylation is 1. The van der Waals surface area contributed by atoms with Crippen molar-refractivity contribution in [3.8, 4) is 5.75 Å². The lowest BCUT2D eigenvalue weighted by molar-refractivity contribution is -0.144. The molecule has 1 aromatic rings. The number of benzene rings is 1. The fraction of sp³-hybridized carbons (Fsp3) is 0.654. The second-order valence-electron chi connectivity index (χ2n) is 9.91. The molecule has 0 fully saturated rings. The van der Waals surface area contributed by atoms with Crippen LogP contribution in [0.1, 0.15) is 78.0 Å². The van der Waals surface area contributed by atoms with Crippen LogP contribution in [0, 0.1) is 6.92 Å². The molecule has 2 unspecified atom stereocenters. The Hall–Kier alpha value is -2.42. The van der Waals surface area contributed by atoms with Crippen LogP contribution in [-0.4, -0.2) is 64.2 Å². The number of aromatic hydroxyl groups is 1. The minimum absolute atomic E-state index is 0.116. The number of unbranched alkanes of at least 4 members (excludes halogenated alkanes) is 1. The predicted molar refractivity (Wildman–Crippen MR) is 142 cm³/mol. The fourth-order valence-electron chi connectivity index (χ4n) is 3.57. The average molecular weight is 510 g/mol. The zero-order chi connectivity index (χ0) is 26.8. The third-order valence-corrected chi connectivity index (χ3v) is 5.95. The van der Waals surface area contributed by atoms with E-state index in [-0.39, 0.29) is 23.6 Å².